The lowest BCUT2D eigenvalue weighted by molar-refractivity contribution is 0.278. The minimum atomic E-state index is 0.194. The van der Waals surface area contributed by atoms with Gasteiger partial charge in [0.2, 0.25) is 0 Å². The van der Waals surface area contributed by atoms with Gasteiger partial charge in [-0.1, -0.05) is 0 Å². The Morgan fingerprint density at radius 1 is 2.00 bits per heavy atom. The topological polar surface area (TPSA) is 45.4 Å². The summed E-state index contributed by atoms with van der Waals surface area (Å²) in [5.74, 6) is 0. The summed E-state index contributed by atoms with van der Waals surface area (Å²) in [7, 11) is 0. The van der Waals surface area contributed by atoms with Crippen LogP contribution in [0.25, 0.3) is 0 Å². The summed E-state index contributed by atoms with van der Waals surface area (Å²) in [5.41, 5.74) is 0.194. The van der Waals surface area contributed by atoms with Crippen molar-refractivity contribution >= 4 is 5.71 Å². The predicted molar refractivity (Wildman–Crippen MR) is 21.9 cm³/mol. The largest absolute Gasteiger partial charge is 0.423 e. The minimum Gasteiger partial charge on any atom is -0.327 e. The number of oxime groups is 1. The molecule has 0 N–H and O–H groups in total. The van der Waals surface area contributed by atoms with Crippen molar-refractivity contribution in [3.05, 3.63) is 12.3 Å². The van der Waals surface area contributed by atoms with Gasteiger partial charge in [0.05, 0.1) is 0 Å². The van der Waals surface area contributed by atoms with E-state index in [1.165, 1.54) is 6.26 Å². The predicted octanol–water partition coefficient (Wildman–Crippen LogP) is 0.213. The number of nitriles is 1. The van der Waals surface area contributed by atoms with E-state index in [4.69, 9.17) is 5.26 Å². The van der Waals surface area contributed by atoms with E-state index in [-0.39, 0.29) is 5.71 Å². The second-order valence-corrected chi connectivity index (χ2v) is 0.919. The van der Waals surface area contributed by atoms with Gasteiger partial charge in [0.25, 0.3) is 6.26 Å². The standard InChI is InChI=1S/C4HN2O/c5-3-4-1-2-7-6-4/h2H/q+1. The maximum absolute atomic E-state index is 8.02. The van der Waals surface area contributed by atoms with Crippen LogP contribution in [0.1, 0.15) is 0 Å². The van der Waals surface area contributed by atoms with Gasteiger partial charge in [0, 0.05) is 0 Å². The van der Waals surface area contributed by atoms with Gasteiger partial charge in [0.15, 0.2) is 6.08 Å². The van der Waals surface area contributed by atoms with Crippen LogP contribution in [-0.4, -0.2) is 5.71 Å². The molecular formula is C4HN2O+. The van der Waals surface area contributed by atoms with Crippen LogP contribution in [0, 0.1) is 17.4 Å². The first kappa shape index (κ1) is 3.79. The third-order valence-electron chi connectivity index (χ3n) is 0.498. The van der Waals surface area contributed by atoms with Gasteiger partial charge in [-0.25, -0.2) is 0 Å². The quantitative estimate of drug-likeness (QED) is 0.402. The molecule has 0 spiro atoms. The van der Waals surface area contributed by atoms with Crippen LogP contribution in [0.15, 0.2) is 11.4 Å². The van der Waals surface area contributed by atoms with Crippen molar-refractivity contribution in [1.29, 1.82) is 5.26 Å². The van der Waals surface area contributed by atoms with Gasteiger partial charge in [-0.05, 0) is 10.4 Å². The first-order valence-corrected chi connectivity index (χ1v) is 1.65. The van der Waals surface area contributed by atoms with Gasteiger partial charge in [-0.2, -0.15) is 0 Å². The third kappa shape index (κ3) is 0.542. The van der Waals surface area contributed by atoms with E-state index in [0.717, 1.165) is 0 Å². The monoisotopic (exact) mass is 93.0 g/mol. The Labute approximate surface area is 40.5 Å². The van der Waals surface area contributed by atoms with Gasteiger partial charge >= 0.3 is 11.8 Å². The molecule has 0 aromatic heterocycles. The van der Waals surface area contributed by atoms with E-state index in [9.17, 15) is 0 Å². The highest BCUT2D eigenvalue weighted by atomic mass is 16.6. The summed E-state index contributed by atoms with van der Waals surface area (Å²) < 4.78 is 0. The summed E-state index contributed by atoms with van der Waals surface area (Å²) in [6, 6.07) is 1.75. The number of hydrogen-bond donors (Lipinski definition) is 0. The Bertz CT molecular complexity index is 163. The molecule has 0 unspecified atom stereocenters. The zero-order valence-electron chi connectivity index (χ0n) is 3.38. The summed E-state index contributed by atoms with van der Waals surface area (Å²) in [6.07, 6.45) is 3.68. The third-order valence-corrected chi connectivity index (χ3v) is 0.498. The fourth-order valence-corrected chi connectivity index (χ4v) is 0.240. The normalized spacial score (nSPS) is 13.9. The van der Waals surface area contributed by atoms with E-state index in [0.29, 0.717) is 0 Å². The molecule has 3 nitrogen and oxygen atoms in total. The lowest BCUT2D eigenvalue weighted by Crippen LogP contribution is -1.80. The Kier molecular flexibility index (Phi) is 0.744. The van der Waals surface area contributed by atoms with Crippen LogP contribution in [0.4, 0.5) is 0 Å². The van der Waals surface area contributed by atoms with E-state index >= 15 is 0 Å². The van der Waals surface area contributed by atoms with Crippen LogP contribution >= 0.6 is 0 Å². The van der Waals surface area contributed by atoms with Gasteiger partial charge < -0.3 is 4.84 Å². The van der Waals surface area contributed by atoms with E-state index in [2.05, 4.69) is 16.1 Å². The van der Waals surface area contributed by atoms with Gasteiger partial charge in [0.1, 0.15) is 0 Å². The first-order chi connectivity index (χ1) is 3.43. The Morgan fingerprint density at radius 2 is 2.86 bits per heavy atom. The summed E-state index contributed by atoms with van der Waals surface area (Å²) in [6.45, 7) is 0. The lowest BCUT2D eigenvalue weighted by Gasteiger charge is -1.63. The van der Waals surface area contributed by atoms with Crippen molar-refractivity contribution in [3.63, 3.8) is 0 Å². The molecule has 0 saturated heterocycles. The molecule has 0 bridgehead atoms. The molecule has 0 saturated carbocycles. The molecule has 1 heterocycles. The van der Waals surface area contributed by atoms with Crippen LogP contribution in [-0.2, 0) is 4.84 Å². The molecule has 1 rings (SSSR count). The zero-order chi connectivity index (χ0) is 5.11. The van der Waals surface area contributed by atoms with E-state index in [1.54, 1.807) is 6.07 Å². The molecule has 0 atom stereocenters. The second-order valence-electron chi connectivity index (χ2n) is 0.919. The van der Waals surface area contributed by atoms with Crippen molar-refractivity contribution in [2.45, 2.75) is 0 Å². The Balaban J connectivity index is 2.75. The summed E-state index contributed by atoms with van der Waals surface area (Å²) >= 11 is 0. The molecule has 0 radical (unpaired) electrons. The highest BCUT2D eigenvalue weighted by Gasteiger charge is 2.12. The molecular weight excluding hydrogens is 92.1 g/mol. The van der Waals surface area contributed by atoms with Crippen molar-refractivity contribution in [2.75, 3.05) is 0 Å². The van der Waals surface area contributed by atoms with Crippen LogP contribution in [0.3, 0.4) is 0 Å². The highest BCUT2D eigenvalue weighted by Crippen LogP contribution is 1.90. The summed E-state index contributed by atoms with van der Waals surface area (Å²) in [4.78, 5) is 4.28. The smallest absolute Gasteiger partial charge is 0.327 e. The molecule has 0 aromatic carbocycles. The molecule has 0 aromatic rings. The van der Waals surface area contributed by atoms with Crippen molar-refractivity contribution in [1.82, 2.24) is 0 Å². The highest BCUT2D eigenvalue weighted by molar-refractivity contribution is 6.04. The summed E-state index contributed by atoms with van der Waals surface area (Å²) in [5, 5.41) is 11.3. The maximum Gasteiger partial charge on any atom is 0.423 e. The van der Waals surface area contributed by atoms with Crippen LogP contribution in [0.2, 0.25) is 0 Å². The average Bonchev–Trinajstić information content (AvgIpc) is 2.14. The average molecular weight is 93.1 g/mol. The van der Waals surface area contributed by atoms with Gasteiger partial charge in [-0.3, -0.25) is 0 Å². The van der Waals surface area contributed by atoms with Crippen molar-refractivity contribution in [3.8, 4) is 6.07 Å². The lowest BCUT2D eigenvalue weighted by atomic mass is 10.4. The number of nitrogens with zero attached hydrogens (tertiary/aromatic N) is 2. The first-order valence-electron chi connectivity index (χ1n) is 1.65. The molecule has 1 aliphatic heterocycles. The number of rotatable bonds is 0. The second kappa shape index (κ2) is 1.38. The number of allylic oxidation sites excluding steroid dienone is 1. The van der Waals surface area contributed by atoms with Crippen molar-refractivity contribution < 1.29 is 4.84 Å². The van der Waals surface area contributed by atoms with Crippen molar-refractivity contribution in [2.24, 2.45) is 5.16 Å². The van der Waals surface area contributed by atoms with E-state index in [1.807, 2.05) is 0 Å². The fraction of sp³-hybridized carbons (Fsp3) is 0. The minimum absolute atomic E-state index is 0.194. The molecule has 32 valence electrons. The van der Waals surface area contributed by atoms with Gasteiger partial charge in [-0.15, -0.1) is 0 Å². The maximum atomic E-state index is 8.02. The van der Waals surface area contributed by atoms with E-state index < -0.39 is 0 Å². The molecule has 0 fully saturated rings. The SMILES string of the molecule is N#CC1=NOC=[C+]1. The Hall–Kier alpha value is -1.39. The zero-order valence-corrected chi connectivity index (χ0v) is 3.38. The molecule has 7 heavy (non-hydrogen) atoms. The van der Waals surface area contributed by atoms with Crippen LogP contribution in [0.5, 0.6) is 0 Å². The molecule has 3 heteroatoms. The molecule has 0 amide bonds. The molecule has 0 aliphatic carbocycles. The number of hydrogen-bond acceptors (Lipinski definition) is 3. The fourth-order valence-electron chi connectivity index (χ4n) is 0.240. The Morgan fingerprint density at radius 3 is 3.14 bits per heavy atom. The molecule has 1 aliphatic rings. The van der Waals surface area contributed by atoms with Crippen LogP contribution < -0.4 is 0 Å².